The van der Waals surface area contributed by atoms with E-state index in [1.165, 1.54) is 6.20 Å². The van der Waals surface area contributed by atoms with Crippen LogP contribution < -0.4 is 5.32 Å². The lowest BCUT2D eigenvalue weighted by molar-refractivity contribution is -0.116. The van der Waals surface area contributed by atoms with Crippen molar-refractivity contribution in [2.45, 2.75) is 42.8 Å². The van der Waals surface area contributed by atoms with Crippen molar-refractivity contribution in [3.8, 4) is 6.07 Å². The number of benzene rings is 1. The molecule has 156 valence electrons. The zero-order valence-corrected chi connectivity index (χ0v) is 19.0. The highest BCUT2D eigenvalue weighted by atomic mass is 32.2. The molecule has 0 saturated carbocycles. The number of aromatic nitrogens is 4. The van der Waals surface area contributed by atoms with Gasteiger partial charge in [0, 0.05) is 39.5 Å². The molecule has 3 heterocycles. The molecule has 4 rings (SSSR count). The van der Waals surface area contributed by atoms with Gasteiger partial charge in [-0.3, -0.25) is 4.79 Å². The Morgan fingerprint density at radius 1 is 1.23 bits per heavy atom. The first-order valence-electron chi connectivity index (χ1n) is 9.68. The molecule has 0 fully saturated rings. The Kier molecular flexibility index (Phi) is 6.02. The fourth-order valence-corrected chi connectivity index (χ4v) is 5.11. The molecule has 0 saturated heterocycles. The minimum atomic E-state index is -0.0620. The van der Waals surface area contributed by atoms with Crippen LogP contribution in [-0.4, -0.2) is 25.5 Å². The summed E-state index contributed by atoms with van der Waals surface area (Å²) in [7, 11) is 0. The van der Waals surface area contributed by atoms with Crippen molar-refractivity contribution in [3.63, 3.8) is 0 Å². The molecule has 0 bridgehead atoms. The van der Waals surface area contributed by atoms with Crippen LogP contribution in [0.15, 0.2) is 45.1 Å². The second-order valence-electron chi connectivity index (χ2n) is 7.10. The van der Waals surface area contributed by atoms with E-state index in [9.17, 15) is 10.1 Å². The zero-order chi connectivity index (χ0) is 22.0. The maximum absolute atomic E-state index is 12.5. The molecular weight excluding hydrogens is 428 g/mol. The first-order valence-corrected chi connectivity index (χ1v) is 11.4. The number of rotatable bonds is 6. The summed E-state index contributed by atoms with van der Waals surface area (Å²) in [4.78, 5) is 22.5. The van der Waals surface area contributed by atoms with Crippen LogP contribution in [0.1, 0.15) is 34.6 Å². The topological polar surface area (TPSA) is 96.0 Å². The van der Waals surface area contributed by atoms with E-state index < -0.39 is 0 Å². The van der Waals surface area contributed by atoms with Crippen molar-refractivity contribution < 1.29 is 4.79 Å². The molecule has 0 aliphatic rings. The molecule has 1 aromatic carbocycles. The minimum absolute atomic E-state index is 0.0620. The largest absolute Gasteiger partial charge is 0.326 e. The van der Waals surface area contributed by atoms with Crippen molar-refractivity contribution in [2.75, 3.05) is 5.32 Å². The highest BCUT2D eigenvalue weighted by molar-refractivity contribution is 8.01. The number of hydrogen-bond acceptors (Lipinski definition) is 7. The summed E-state index contributed by atoms with van der Waals surface area (Å²) in [6.45, 7) is 5.81. The van der Waals surface area contributed by atoms with Crippen molar-refractivity contribution >= 4 is 40.3 Å². The number of nitrogens with one attached hydrogen (secondary N) is 1. The normalized spacial score (nSPS) is 10.9. The molecule has 1 amide bonds. The van der Waals surface area contributed by atoms with Crippen molar-refractivity contribution in [3.05, 3.63) is 64.1 Å². The third-order valence-electron chi connectivity index (χ3n) is 4.87. The first kappa shape index (κ1) is 21.0. The number of carbonyl (C=O) groups is 1. The number of nitriles is 1. The van der Waals surface area contributed by atoms with E-state index in [0.717, 1.165) is 37.6 Å². The molecule has 1 N–H and O–H groups in total. The van der Waals surface area contributed by atoms with Crippen LogP contribution in [0.4, 0.5) is 5.69 Å². The Balaban J connectivity index is 1.39. The molecule has 9 heteroatoms. The SMILES string of the molecule is Cc1csc(Sc2ccc(NC(=O)CCc3c(C)nc4c(C#N)cnn4c3C)cc2)n1. The second-order valence-corrected chi connectivity index (χ2v) is 9.27. The average Bonchev–Trinajstić information content (AvgIpc) is 3.35. The van der Waals surface area contributed by atoms with Gasteiger partial charge in [-0.05, 0) is 57.0 Å². The number of nitrogens with zero attached hydrogens (tertiary/aromatic N) is 5. The highest BCUT2D eigenvalue weighted by Gasteiger charge is 2.15. The van der Waals surface area contributed by atoms with Crippen LogP contribution >= 0.6 is 23.1 Å². The van der Waals surface area contributed by atoms with Gasteiger partial charge in [-0.1, -0.05) is 11.8 Å². The highest BCUT2D eigenvalue weighted by Crippen LogP contribution is 2.30. The van der Waals surface area contributed by atoms with Crippen molar-refractivity contribution in [2.24, 2.45) is 0 Å². The molecule has 4 aromatic rings. The Hall–Kier alpha value is -3.22. The summed E-state index contributed by atoms with van der Waals surface area (Å²) in [5.74, 6) is -0.0620. The Labute approximate surface area is 188 Å². The Bertz CT molecular complexity index is 1300. The molecular formula is C22H20N6OS2. The van der Waals surface area contributed by atoms with Gasteiger partial charge in [0.2, 0.25) is 5.91 Å². The molecule has 0 radical (unpaired) electrons. The van der Waals surface area contributed by atoms with Crippen LogP contribution in [0.2, 0.25) is 0 Å². The van der Waals surface area contributed by atoms with Gasteiger partial charge < -0.3 is 5.32 Å². The number of carbonyl (C=O) groups excluding carboxylic acids is 1. The fraction of sp³-hybridized carbons (Fsp3) is 0.227. The van der Waals surface area contributed by atoms with Crippen LogP contribution in [0.3, 0.4) is 0 Å². The predicted molar refractivity (Wildman–Crippen MR) is 122 cm³/mol. The van der Waals surface area contributed by atoms with Crippen molar-refractivity contribution in [1.82, 2.24) is 19.6 Å². The third-order valence-corrected chi connectivity index (χ3v) is 6.94. The lowest BCUT2D eigenvalue weighted by atomic mass is 10.1. The van der Waals surface area contributed by atoms with Crippen LogP contribution in [0.25, 0.3) is 5.65 Å². The van der Waals surface area contributed by atoms with E-state index >= 15 is 0 Å². The fourth-order valence-electron chi connectivity index (χ4n) is 3.30. The average molecular weight is 449 g/mol. The summed E-state index contributed by atoms with van der Waals surface area (Å²) < 4.78 is 2.67. The first-order chi connectivity index (χ1) is 14.9. The predicted octanol–water partition coefficient (Wildman–Crippen LogP) is 4.71. The van der Waals surface area contributed by atoms with Gasteiger partial charge in [0.25, 0.3) is 0 Å². The molecule has 0 unspecified atom stereocenters. The molecule has 7 nitrogen and oxygen atoms in total. The van der Waals surface area contributed by atoms with Gasteiger partial charge in [-0.25, -0.2) is 14.5 Å². The summed E-state index contributed by atoms with van der Waals surface area (Å²) in [6, 6.07) is 9.87. The Morgan fingerprint density at radius 2 is 2.00 bits per heavy atom. The van der Waals surface area contributed by atoms with E-state index in [0.29, 0.717) is 24.1 Å². The summed E-state index contributed by atoms with van der Waals surface area (Å²) in [6.07, 6.45) is 2.39. The third kappa shape index (κ3) is 4.60. The van der Waals surface area contributed by atoms with Gasteiger partial charge in [-0.2, -0.15) is 10.4 Å². The quantitative estimate of drug-likeness (QED) is 0.459. The number of aryl methyl sites for hydroxylation is 3. The van der Waals surface area contributed by atoms with E-state index in [-0.39, 0.29) is 5.91 Å². The standard InChI is InChI=1S/C22H20N6OS2/c1-13-12-30-22(25-13)31-18-6-4-17(5-7-18)27-20(29)9-8-19-14(2)26-21-16(10-23)11-24-28(21)15(19)3/h4-7,11-12H,8-9H2,1-3H3,(H,27,29). The maximum Gasteiger partial charge on any atom is 0.224 e. The molecule has 0 spiro atoms. The van der Waals surface area contributed by atoms with E-state index in [4.69, 9.17) is 0 Å². The monoisotopic (exact) mass is 448 g/mol. The smallest absolute Gasteiger partial charge is 0.224 e. The number of amides is 1. The van der Waals surface area contributed by atoms with Crippen LogP contribution in [0, 0.1) is 32.1 Å². The van der Waals surface area contributed by atoms with E-state index in [1.807, 2.05) is 50.4 Å². The minimum Gasteiger partial charge on any atom is -0.326 e. The lowest BCUT2D eigenvalue weighted by Gasteiger charge is -2.11. The molecule has 31 heavy (non-hydrogen) atoms. The number of fused-ring (bicyclic) bond motifs is 1. The number of anilines is 1. The summed E-state index contributed by atoms with van der Waals surface area (Å²) in [5.41, 5.74) is 5.47. The number of thiazole rings is 1. The van der Waals surface area contributed by atoms with Crippen molar-refractivity contribution in [1.29, 1.82) is 5.26 Å². The zero-order valence-electron chi connectivity index (χ0n) is 17.3. The summed E-state index contributed by atoms with van der Waals surface area (Å²) in [5, 5.41) is 18.4. The second kappa shape index (κ2) is 8.88. The van der Waals surface area contributed by atoms with Gasteiger partial charge >= 0.3 is 0 Å². The van der Waals surface area contributed by atoms with Gasteiger partial charge in [0.1, 0.15) is 11.6 Å². The van der Waals surface area contributed by atoms with E-state index in [1.54, 1.807) is 27.6 Å². The van der Waals surface area contributed by atoms with Gasteiger partial charge in [0.15, 0.2) is 9.99 Å². The number of hydrogen-bond donors (Lipinski definition) is 1. The Morgan fingerprint density at radius 3 is 2.68 bits per heavy atom. The molecule has 0 atom stereocenters. The van der Waals surface area contributed by atoms with E-state index in [2.05, 4.69) is 26.5 Å². The summed E-state index contributed by atoms with van der Waals surface area (Å²) >= 11 is 3.23. The maximum atomic E-state index is 12.5. The molecule has 0 aliphatic carbocycles. The van der Waals surface area contributed by atoms with Crippen LogP contribution in [0.5, 0.6) is 0 Å². The van der Waals surface area contributed by atoms with Crippen LogP contribution in [-0.2, 0) is 11.2 Å². The molecule has 0 aliphatic heterocycles. The molecule has 3 aromatic heterocycles. The van der Waals surface area contributed by atoms with Gasteiger partial charge in [-0.15, -0.1) is 11.3 Å². The lowest BCUT2D eigenvalue weighted by Crippen LogP contribution is -2.14. The van der Waals surface area contributed by atoms with Gasteiger partial charge in [0.05, 0.1) is 6.20 Å².